The van der Waals surface area contributed by atoms with Gasteiger partial charge in [0.05, 0.1) is 5.01 Å². The van der Waals surface area contributed by atoms with E-state index in [4.69, 9.17) is 5.73 Å². The molecule has 1 aromatic heterocycles. The van der Waals surface area contributed by atoms with Crippen molar-refractivity contribution < 1.29 is 0 Å². The van der Waals surface area contributed by atoms with Crippen LogP contribution in [-0.2, 0) is 11.8 Å². The van der Waals surface area contributed by atoms with Gasteiger partial charge in [0.25, 0.3) is 0 Å². The maximum Gasteiger partial charge on any atom is 0.0925 e. The number of hydrogen-bond acceptors (Lipinski definition) is 3. The van der Waals surface area contributed by atoms with Crippen molar-refractivity contribution >= 4 is 11.3 Å². The van der Waals surface area contributed by atoms with Gasteiger partial charge >= 0.3 is 0 Å². The largest absolute Gasteiger partial charge is 0.330 e. The summed E-state index contributed by atoms with van der Waals surface area (Å²) in [6.07, 6.45) is 5.58. The molecule has 3 heteroatoms. The molecule has 0 radical (unpaired) electrons. The predicted octanol–water partition coefficient (Wildman–Crippen LogP) is 1.70. The van der Waals surface area contributed by atoms with Crippen molar-refractivity contribution in [3.8, 4) is 0 Å². The first-order valence-electron chi connectivity index (χ1n) is 4.46. The number of nitrogens with zero attached hydrogens (tertiary/aromatic N) is 1. The lowest BCUT2D eigenvalue weighted by Gasteiger charge is -2.06. The molecule has 0 spiro atoms. The number of thiazole rings is 1. The third-order valence-electron chi connectivity index (χ3n) is 2.62. The summed E-state index contributed by atoms with van der Waals surface area (Å²) in [5, 5.41) is 1.24. The summed E-state index contributed by atoms with van der Waals surface area (Å²) in [6, 6.07) is 0. The maximum atomic E-state index is 5.73. The van der Waals surface area contributed by atoms with Crippen molar-refractivity contribution in [3.05, 3.63) is 16.1 Å². The fourth-order valence-corrected chi connectivity index (χ4v) is 2.53. The zero-order valence-corrected chi connectivity index (χ0v) is 8.16. The van der Waals surface area contributed by atoms with Crippen molar-refractivity contribution in [2.45, 2.75) is 31.6 Å². The molecule has 2 N–H and O–H groups in total. The van der Waals surface area contributed by atoms with Crippen molar-refractivity contribution in [2.75, 3.05) is 6.54 Å². The van der Waals surface area contributed by atoms with Crippen LogP contribution in [0.5, 0.6) is 0 Å². The average Bonchev–Trinajstić information content (AvgIpc) is 2.77. The van der Waals surface area contributed by atoms with E-state index in [1.165, 1.54) is 22.7 Å². The van der Waals surface area contributed by atoms with Crippen LogP contribution in [0, 0.1) is 0 Å². The summed E-state index contributed by atoms with van der Waals surface area (Å²) in [5.41, 5.74) is 6.07. The van der Waals surface area contributed by atoms with Crippen LogP contribution in [-0.4, -0.2) is 11.5 Å². The van der Waals surface area contributed by atoms with E-state index in [9.17, 15) is 0 Å². The standard InChI is InChI=1S/C9H14N2S/c1-2-8-11-5-7(12-8)9(6-10)3-4-9/h5H,2-4,6,10H2,1H3. The quantitative estimate of drug-likeness (QED) is 0.772. The molecule has 1 heterocycles. The van der Waals surface area contributed by atoms with Gasteiger partial charge in [-0.15, -0.1) is 11.3 Å². The minimum absolute atomic E-state index is 0.338. The van der Waals surface area contributed by atoms with Gasteiger partial charge in [-0.2, -0.15) is 0 Å². The summed E-state index contributed by atoms with van der Waals surface area (Å²) < 4.78 is 0. The van der Waals surface area contributed by atoms with E-state index in [1.54, 1.807) is 0 Å². The molecular weight excluding hydrogens is 168 g/mol. The minimum Gasteiger partial charge on any atom is -0.330 e. The number of aryl methyl sites for hydroxylation is 1. The maximum absolute atomic E-state index is 5.73. The average molecular weight is 182 g/mol. The lowest BCUT2D eigenvalue weighted by atomic mass is 10.1. The van der Waals surface area contributed by atoms with Gasteiger partial charge < -0.3 is 5.73 Å². The molecule has 12 heavy (non-hydrogen) atoms. The molecule has 1 aliphatic rings. The Morgan fingerprint density at radius 1 is 1.67 bits per heavy atom. The Kier molecular flexibility index (Phi) is 1.93. The van der Waals surface area contributed by atoms with Gasteiger partial charge in [-0.05, 0) is 19.3 Å². The summed E-state index contributed by atoms with van der Waals surface area (Å²) in [6.45, 7) is 2.93. The van der Waals surface area contributed by atoms with Crippen LogP contribution in [0.25, 0.3) is 0 Å². The zero-order valence-electron chi connectivity index (χ0n) is 7.34. The van der Waals surface area contributed by atoms with Crippen molar-refractivity contribution in [1.29, 1.82) is 0 Å². The van der Waals surface area contributed by atoms with E-state index < -0.39 is 0 Å². The number of nitrogens with two attached hydrogens (primary N) is 1. The van der Waals surface area contributed by atoms with Gasteiger partial charge in [-0.25, -0.2) is 4.98 Å². The number of rotatable bonds is 3. The molecule has 1 fully saturated rings. The van der Waals surface area contributed by atoms with Gasteiger partial charge in [0.2, 0.25) is 0 Å². The van der Waals surface area contributed by atoms with Crippen molar-refractivity contribution in [2.24, 2.45) is 5.73 Å². The van der Waals surface area contributed by atoms with E-state index in [1.807, 2.05) is 17.5 Å². The van der Waals surface area contributed by atoms with Crippen molar-refractivity contribution in [1.82, 2.24) is 4.98 Å². The topological polar surface area (TPSA) is 38.9 Å². The lowest BCUT2D eigenvalue weighted by molar-refractivity contribution is 0.718. The molecule has 0 amide bonds. The molecule has 0 atom stereocenters. The molecule has 0 bridgehead atoms. The monoisotopic (exact) mass is 182 g/mol. The van der Waals surface area contributed by atoms with E-state index in [0.29, 0.717) is 5.41 Å². The molecule has 0 saturated heterocycles. The van der Waals surface area contributed by atoms with E-state index >= 15 is 0 Å². The summed E-state index contributed by atoms with van der Waals surface area (Å²) >= 11 is 1.84. The first-order valence-corrected chi connectivity index (χ1v) is 5.27. The number of aromatic nitrogens is 1. The summed E-state index contributed by atoms with van der Waals surface area (Å²) in [7, 11) is 0. The number of hydrogen-bond donors (Lipinski definition) is 1. The van der Waals surface area contributed by atoms with Crippen LogP contribution in [0.15, 0.2) is 6.20 Å². The van der Waals surface area contributed by atoms with Crippen LogP contribution in [0.3, 0.4) is 0 Å². The first-order chi connectivity index (χ1) is 5.80. The second kappa shape index (κ2) is 2.82. The molecule has 0 aromatic carbocycles. The highest BCUT2D eigenvalue weighted by atomic mass is 32.1. The van der Waals surface area contributed by atoms with Crippen molar-refractivity contribution in [3.63, 3.8) is 0 Å². The molecule has 0 aliphatic heterocycles. The van der Waals surface area contributed by atoms with Gasteiger partial charge in [0.15, 0.2) is 0 Å². The Balaban J connectivity index is 2.23. The minimum atomic E-state index is 0.338. The van der Waals surface area contributed by atoms with Gasteiger partial charge in [0.1, 0.15) is 0 Å². The molecule has 1 aliphatic carbocycles. The van der Waals surface area contributed by atoms with Crippen LogP contribution < -0.4 is 5.73 Å². The fourth-order valence-electron chi connectivity index (χ4n) is 1.42. The normalized spacial score (nSPS) is 19.5. The molecule has 66 valence electrons. The fraction of sp³-hybridized carbons (Fsp3) is 0.667. The zero-order chi connectivity index (χ0) is 8.60. The first kappa shape index (κ1) is 8.20. The lowest BCUT2D eigenvalue weighted by Crippen LogP contribution is -2.18. The molecule has 1 saturated carbocycles. The highest BCUT2D eigenvalue weighted by molar-refractivity contribution is 7.11. The Bertz CT molecular complexity index is 276. The second-order valence-corrected chi connectivity index (χ2v) is 4.57. The van der Waals surface area contributed by atoms with Crippen LogP contribution in [0.2, 0.25) is 0 Å². The Labute approximate surface area is 76.8 Å². The molecule has 0 unspecified atom stereocenters. The van der Waals surface area contributed by atoms with Crippen LogP contribution in [0.4, 0.5) is 0 Å². The van der Waals surface area contributed by atoms with Gasteiger partial charge in [-0.3, -0.25) is 0 Å². The van der Waals surface area contributed by atoms with E-state index in [-0.39, 0.29) is 0 Å². The van der Waals surface area contributed by atoms with Gasteiger partial charge in [-0.1, -0.05) is 6.92 Å². The van der Waals surface area contributed by atoms with Crippen LogP contribution >= 0.6 is 11.3 Å². The van der Waals surface area contributed by atoms with Gasteiger partial charge in [0, 0.05) is 23.0 Å². The highest BCUT2D eigenvalue weighted by Gasteiger charge is 2.44. The second-order valence-electron chi connectivity index (χ2n) is 3.46. The molecule has 2 nitrogen and oxygen atoms in total. The van der Waals surface area contributed by atoms with E-state index in [2.05, 4.69) is 11.9 Å². The SMILES string of the molecule is CCc1ncc(C2(CN)CC2)s1. The Hall–Kier alpha value is -0.410. The Morgan fingerprint density at radius 3 is 2.83 bits per heavy atom. The Morgan fingerprint density at radius 2 is 2.42 bits per heavy atom. The highest BCUT2D eigenvalue weighted by Crippen LogP contribution is 2.49. The van der Waals surface area contributed by atoms with E-state index in [0.717, 1.165) is 13.0 Å². The third kappa shape index (κ3) is 1.17. The smallest absolute Gasteiger partial charge is 0.0925 e. The third-order valence-corrected chi connectivity index (χ3v) is 4.01. The summed E-state index contributed by atoms with van der Waals surface area (Å²) in [5.74, 6) is 0. The predicted molar refractivity (Wildman–Crippen MR) is 51.5 cm³/mol. The summed E-state index contributed by atoms with van der Waals surface area (Å²) in [4.78, 5) is 5.76. The molecule has 2 rings (SSSR count). The van der Waals surface area contributed by atoms with Crippen LogP contribution in [0.1, 0.15) is 29.7 Å². The molecule has 1 aromatic rings. The molecular formula is C9H14N2S.